The molecule has 46 heavy (non-hydrogen) atoms. The summed E-state index contributed by atoms with van der Waals surface area (Å²) in [7, 11) is 0. The Bertz CT molecular complexity index is 1180. The number of carbonyl (C=O) groups is 5. The summed E-state index contributed by atoms with van der Waals surface area (Å²) < 4.78 is 23.4. The number of Topliss-reactive ketones (excluding diaryl/α,β-unsaturated/α-hetero) is 1. The highest BCUT2D eigenvalue weighted by Gasteiger charge is 2.63. The zero-order valence-electron chi connectivity index (χ0n) is 29.8. The summed E-state index contributed by atoms with van der Waals surface area (Å²) in [6.45, 7) is 18.6. The third-order valence-electron chi connectivity index (χ3n) is 13.1. The third kappa shape index (κ3) is 7.03. The van der Waals surface area contributed by atoms with Crippen molar-refractivity contribution in [3.63, 3.8) is 0 Å². The van der Waals surface area contributed by atoms with Crippen LogP contribution >= 0.6 is 0 Å². The number of ether oxygens (including phenoxy) is 4. The van der Waals surface area contributed by atoms with Gasteiger partial charge in [0.05, 0.1) is 0 Å². The Labute approximate surface area is 275 Å². The van der Waals surface area contributed by atoms with Crippen LogP contribution in [-0.2, 0) is 42.9 Å². The summed E-state index contributed by atoms with van der Waals surface area (Å²) in [5.41, 5.74) is -0.419. The zero-order chi connectivity index (χ0) is 34.3. The van der Waals surface area contributed by atoms with Crippen molar-refractivity contribution in [3.05, 3.63) is 0 Å². The van der Waals surface area contributed by atoms with E-state index in [-0.39, 0.29) is 64.1 Å². The first-order chi connectivity index (χ1) is 21.4. The molecular weight excluding hydrogens is 588 g/mol. The summed E-state index contributed by atoms with van der Waals surface area (Å²) >= 11 is 0. The van der Waals surface area contributed by atoms with Crippen molar-refractivity contribution >= 4 is 29.7 Å². The molecule has 0 aromatic rings. The van der Waals surface area contributed by atoms with Crippen molar-refractivity contribution in [2.24, 2.45) is 58.2 Å². The predicted octanol–water partition coefficient (Wildman–Crippen LogP) is 6.48. The molecule has 9 heteroatoms. The number of rotatable bonds is 9. The Morgan fingerprint density at radius 2 is 1.28 bits per heavy atom. The van der Waals surface area contributed by atoms with Crippen LogP contribution in [0.2, 0.25) is 0 Å². The van der Waals surface area contributed by atoms with Gasteiger partial charge in [-0.3, -0.25) is 24.0 Å². The van der Waals surface area contributed by atoms with Gasteiger partial charge < -0.3 is 18.9 Å². The first-order valence-electron chi connectivity index (χ1n) is 17.6. The van der Waals surface area contributed by atoms with E-state index in [0.29, 0.717) is 31.1 Å². The van der Waals surface area contributed by atoms with Crippen LogP contribution in [-0.4, -0.2) is 54.1 Å². The van der Waals surface area contributed by atoms with Gasteiger partial charge in [-0.15, -0.1) is 0 Å². The van der Waals surface area contributed by atoms with Gasteiger partial charge in [-0.05, 0) is 91.3 Å². The van der Waals surface area contributed by atoms with E-state index in [2.05, 4.69) is 41.5 Å². The average molecular weight is 647 g/mol. The topological polar surface area (TPSA) is 122 Å². The molecule has 0 aliphatic heterocycles. The van der Waals surface area contributed by atoms with Gasteiger partial charge >= 0.3 is 23.9 Å². The van der Waals surface area contributed by atoms with E-state index >= 15 is 0 Å². The quantitative estimate of drug-likeness (QED) is 0.205. The fourth-order valence-corrected chi connectivity index (χ4v) is 10.8. The van der Waals surface area contributed by atoms with Crippen LogP contribution in [0.5, 0.6) is 0 Å². The van der Waals surface area contributed by atoms with E-state index in [9.17, 15) is 24.0 Å². The van der Waals surface area contributed by atoms with Crippen molar-refractivity contribution in [1.29, 1.82) is 0 Å². The smallest absolute Gasteiger partial charge is 0.303 e. The number of esters is 4. The lowest BCUT2D eigenvalue weighted by Crippen LogP contribution is -2.56. The number of carbonyl (C=O) groups excluding carboxylic acids is 5. The molecule has 4 aliphatic rings. The van der Waals surface area contributed by atoms with E-state index in [1.807, 2.05) is 0 Å². The first kappa shape index (κ1) is 36.4. The van der Waals surface area contributed by atoms with Crippen LogP contribution in [0.1, 0.15) is 121 Å². The molecule has 0 aromatic carbocycles. The van der Waals surface area contributed by atoms with Crippen molar-refractivity contribution in [3.8, 4) is 0 Å². The third-order valence-corrected chi connectivity index (χ3v) is 13.1. The summed E-state index contributed by atoms with van der Waals surface area (Å²) in [6, 6.07) is 0. The highest BCUT2D eigenvalue weighted by molar-refractivity contribution is 5.82. The van der Waals surface area contributed by atoms with Gasteiger partial charge in [0.2, 0.25) is 0 Å². The molecule has 0 saturated heterocycles. The minimum absolute atomic E-state index is 0.00605. The molecule has 0 amide bonds. The Balaban J connectivity index is 1.65. The van der Waals surface area contributed by atoms with Crippen LogP contribution in [0.3, 0.4) is 0 Å². The SMILES string of the molecule is CC(=O)O[C@H]([C@@H](C)[C@H]1CC[C@H]2[C@@H]3CCC(=O)[C@H]4C[C@H](OC(C)=O)[C@H](OC(C)=O)C[C@]4(C)[C@H]3CC[C@]12C)[C@H](OC(C)=O)[C@@H](C)C(C)C. The lowest BCUT2D eigenvalue weighted by Gasteiger charge is -2.57. The number of hydrogen-bond donors (Lipinski definition) is 0. The predicted molar refractivity (Wildman–Crippen MR) is 171 cm³/mol. The molecule has 0 aromatic heterocycles. The van der Waals surface area contributed by atoms with Gasteiger partial charge in [0.15, 0.2) is 0 Å². The molecule has 4 fully saturated rings. The maximum atomic E-state index is 13.8. The summed E-state index contributed by atoms with van der Waals surface area (Å²) in [5.74, 6) is -0.226. The Hall–Kier alpha value is -2.45. The molecular formula is C37H58O9. The molecule has 4 aliphatic carbocycles. The molecule has 260 valence electrons. The monoisotopic (exact) mass is 646 g/mol. The molecule has 4 saturated carbocycles. The fraction of sp³-hybridized carbons (Fsp3) is 0.865. The average Bonchev–Trinajstić information content (AvgIpc) is 3.25. The van der Waals surface area contributed by atoms with Gasteiger partial charge in [-0.25, -0.2) is 0 Å². The Morgan fingerprint density at radius 1 is 0.717 bits per heavy atom. The van der Waals surface area contributed by atoms with E-state index in [0.717, 1.165) is 32.1 Å². The van der Waals surface area contributed by atoms with Gasteiger partial charge in [0.1, 0.15) is 30.2 Å². The standard InChI is InChI=1S/C37H58O9/c1-19(2)20(3)34(45-24(7)40)35(46-25(8)41)21(4)27-12-13-28-26-11-14-31(42)30-17-32(43-22(5)38)33(44-23(6)39)18-37(30,10)29(26)15-16-36(27,28)9/h19-21,26-30,32-35H,11-18H2,1-10H3/t20-,21-,26-,27+,28-,29-,30+,32-,33+,34+,35+,36+,37+/m0/s1. The lowest BCUT2D eigenvalue weighted by atomic mass is 9.48. The van der Waals surface area contributed by atoms with Crippen molar-refractivity contribution in [2.75, 3.05) is 0 Å². The number of hydrogen-bond acceptors (Lipinski definition) is 9. The van der Waals surface area contributed by atoms with E-state index in [4.69, 9.17) is 18.9 Å². The second kappa shape index (κ2) is 14.0. The Morgan fingerprint density at radius 3 is 1.85 bits per heavy atom. The number of ketones is 1. The highest BCUT2D eigenvalue weighted by Crippen LogP contribution is 2.67. The van der Waals surface area contributed by atoms with Crippen molar-refractivity contribution in [2.45, 2.75) is 145 Å². The normalized spacial score (nSPS) is 38.2. The van der Waals surface area contributed by atoms with E-state index < -0.39 is 36.4 Å². The zero-order valence-corrected chi connectivity index (χ0v) is 29.8. The van der Waals surface area contributed by atoms with Crippen LogP contribution in [0.25, 0.3) is 0 Å². The van der Waals surface area contributed by atoms with Gasteiger partial charge in [-0.2, -0.15) is 0 Å². The molecule has 0 spiro atoms. The molecule has 0 bridgehead atoms. The molecule has 4 rings (SSSR count). The van der Waals surface area contributed by atoms with Crippen molar-refractivity contribution in [1.82, 2.24) is 0 Å². The molecule has 13 atom stereocenters. The van der Waals surface area contributed by atoms with Gasteiger partial charge in [0.25, 0.3) is 0 Å². The number of fused-ring (bicyclic) bond motifs is 5. The highest BCUT2D eigenvalue weighted by atomic mass is 16.6. The molecule has 0 unspecified atom stereocenters. The summed E-state index contributed by atoms with van der Waals surface area (Å²) in [4.78, 5) is 62.7. The maximum absolute atomic E-state index is 13.8. The minimum Gasteiger partial charge on any atom is -0.459 e. The molecule has 9 nitrogen and oxygen atoms in total. The fourth-order valence-electron chi connectivity index (χ4n) is 10.8. The molecule has 0 radical (unpaired) electrons. The molecule has 0 heterocycles. The van der Waals surface area contributed by atoms with Crippen LogP contribution in [0, 0.1) is 58.2 Å². The van der Waals surface area contributed by atoms with Crippen molar-refractivity contribution < 1.29 is 42.9 Å². The summed E-state index contributed by atoms with van der Waals surface area (Å²) in [6.07, 6.45) is 3.81. The van der Waals surface area contributed by atoms with Crippen LogP contribution < -0.4 is 0 Å². The second-order valence-corrected chi connectivity index (χ2v) is 16.0. The van der Waals surface area contributed by atoms with Gasteiger partial charge in [-0.1, -0.05) is 41.5 Å². The first-order valence-corrected chi connectivity index (χ1v) is 17.6. The molecule has 0 N–H and O–H groups in total. The van der Waals surface area contributed by atoms with Gasteiger partial charge in [0, 0.05) is 46.0 Å². The lowest BCUT2D eigenvalue weighted by molar-refractivity contribution is -0.188. The largest absolute Gasteiger partial charge is 0.459 e. The second-order valence-electron chi connectivity index (χ2n) is 16.0. The van der Waals surface area contributed by atoms with Crippen LogP contribution in [0.4, 0.5) is 0 Å². The van der Waals surface area contributed by atoms with E-state index in [1.165, 1.54) is 27.7 Å². The van der Waals surface area contributed by atoms with E-state index in [1.54, 1.807) is 0 Å². The minimum atomic E-state index is -0.623. The van der Waals surface area contributed by atoms with Crippen LogP contribution in [0.15, 0.2) is 0 Å². The Kier molecular flexibility index (Phi) is 11.0. The summed E-state index contributed by atoms with van der Waals surface area (Å²) in [5, 5.41) is 0. The maximum Gasteiger partial charge on any atom is 0.303 e.